The van der Waals surface area contributed by atoms with E-state index >= 15 is 0 Å². The fraction of sp³-hybridized carbons (Fsp3) is 0. The zero-order valence-corrected chi connectivity index (χ0v) is 14.7. The van der Waals surface area contributed by atoms with Crippen molar-refractivity contribution in [3.05, 3.63) is 86.3 Å². The average molecular weight is 363 g/mol. The Hall–Kier alpha value is -2.70. The molecule has 2 aromatic carbocycles. The number of hydrogen-bond donors (Lipinski definition) is 1. The molecule has 0 fully saturated rings. The van der Waals surface area contributed by atoms with Crippen LogP contribution in [0.1, 0.15) is 10.4 Å². The van der Waals surface area contributed by atoms with Crippen molar-refractivity contribution in [1.82, 2.24) is 4.57 Å². The van der Waals surface area contributed by atoms with E-state index < -0.39 is 0 Å². The minimum absolute atomic E-state index is 0.0730. The lowest BCUT2D eigenvalue weighted by Gasteiger charge is -2.04. The van der Waals surface area contributed by atoms with Crippen molar-refractivity contribution < 1.29 is 0 Å². The largest absolute Gasteiger partial charge is 0.313 e. The fourth-order valence-electron chi connectivity index (χ4n) is 2.62. The normalized spacial score (nSPS) is 14.9. The summed E-state index contributed by atoms with van der Waals surface area (Å²) in [4.78, 5) is 13.1. The number of allylic oxidation sites excluding steroid dienone is 1. The van der Waals surface area contributed by atoms with Gasteiger partial charge < -0.3 is 0 Å². The second kappa shape index (κ2) is 6.66. The highest BCUT2D eigenvalue weighted by molar-refractivity contribution is 7.80. The van der Waals surface area contributed by atoms with E-state index in [0.29, 0.717) is 5.03 Å². The lowest BCUT2D eigenvalue weighted by Crippen LogP contribution is -2.10. The first kappa shape index (κ1) is 15.8. The summed E-state index contributed by atoms with van der Waals surface area (Å²) in [5.74, 6) is 0. The monoisotopic (exact) mass is 363 g/mol. The van der Waals surface area contributed by atoms with Gasteiger partial charge in [-0.25, -0.2) is 0 Å². The van der Waals surface area contributed by atoms with Crippen molar-refractivity contribution in [2.24, 2.45) is 10.2 Å². The Kier molecular flexibility index (Phi) is 4.21. The van der Waals surface area contributed by atoms with Crippen LogP contribution in [0, 0.1) is 0 Å². The van der Waals surface area contributed by atoms with Crippen LogP contribution in [-0.4, -0.2) is 16.5 Å². The SMILES string of the molecule is O=c1sc(/C=C2\C=NN=C2c2ccccc2)c(S)n1-c1ccccc1. The van der Waals surface area contributed by atoms with E-state index in [9.17, 15) is 4.79 Å². The second-order valence-corrected chi connectivity index (χ2v) is 6.80. The Bertz CT molecular complexity index is 1060. The van der Waals surface area contributed by atoms with Crippen molar-refractivity contribution in [2.45, 2.75) is 5.03 Å². The number of aromatic nitrogens is 1. The van der Waals surface area contributed by atoms with Crippen LogP contribution in [-0.2, 0) is 0 Å². The van der Waals surface area contributed by atoms with E-state index in [1.807, 2.05) is 66.7 Å². The molecule has 1 aliphatic rings. The Morgan fingerprint density at radius 1 is 1.00 bits per heavy atom. The molecule has 0 bridgehead atoms. The summed E-state index contributed by atoms with van der Waals surface area (Å²) in [6, 6.07) is 19.3. The summed E-state index contributed by atoms with van der Waals surface area (Å²) in [7, 11) is 0. The molecule has 0 unspecified atom stereocenters. The molecule has 1 aromatic heterocycles. The van der Waals surface area contributed by atoms with E-state index in [0.717, 1.165) is 38.7 Å². The highest BCUT2D eigenvalue weighted by atomic mass is 32.1. The molecule has 1 aliphatic heterocycles. The first-order valence-corrected chi connectivity index (χ1v) is 8.89. The highest BCUT2D eigenvalue weighted by Gasteiger charge is 2.16. The number of thiol groups is 1. The van der Waals surface area contributed by atoms with Gasteiger partial charge in [0.15, 0.2) is 0 Å². The minimum Gasteiger partial charge on any atom is -0.262 e. The van der Waals surface area contributed by atoms with Crippen molar-refractivity contribution in [3.63, 3.8) is 0 Å². The van der Waals surface area contributed by atoms with Gasteiger partial charge in [-0.2, -0.15) is 5.10 Å². The summed E-state index contributed by atoms with van der Waals surface area (Å²) < 4.78 is 1.60. The Balaban J connectivity index is 1.77. The van der Waals surface area contributed by atoms with Gasteiger partial charge in [0.2, 0.25) is 0 Å². The first-order valence-electron chi connectivity index (χ1n) is 7.63. The third-order valence-electron chi connectivity index (χ3n) is 3.79. The molecule has 6 heteroatoms. The van der Waals surface area contributed by atoms with Crippen LogP contribution in [0.15, 0.2) is 86.3 Å². The predicted octanol–water partition coefficient (Wildman–Crippen LogP) is 4.06. The lowest BCUT2D eigenvalue weighted by atomic mass is 10.0. The molecule has 0 saturated carbocycles. The van der Waals surface area contributed by atoms with Gasteiger partial charge in [0.1, 0.15) is 5.71 Å². The van der Waals surface area contributed by atoms with Gasteiger partial charge in [-0.05, 0) is 18.2 Å². The summed E-state index contributed by atoms with van der Waals surface area (Å²) >= 11 is 5.74. The zero-order valence-electron chi connectivity index (χ0n) is 13.0. The molecule has 2 heterocycles. The van der Waals surface area contributed by atoms with E-state index in [4.69, 9.17) is 0 Å². The molecule has 3 aromatic rings. The molecule has 0 amide bonds. The van der Waals surface area contributed by atoms with Gasteiger partial charge in [-0.1, -0.05) is 59.9 Å². The summed E-state index contributed by atoms with van der Waals surface area (Å²) in [5, 5.41) is 8.85. The van der Waals surface area contributed by atoms with Crippen molar-refractivity contribution >= 4 is 42.0 Å². The Morgan fingerprint density at radius 3 is 2.40 bits per heavy atom. The summed E-state index contributed by atoms with van der Waals surface area (Å²) in [6.45, 7) is 0. The smallest absolute Gasteiger partial charge is 0.262 e. The van der Waals surface area contributed by atoms with Gasteiger partial charge in [-0.3, -0.25) is 9.36 Å². The maximum atomic E-state index is 12.4. The first-order chi connectivity index (χ1) is 12.2. The molecule has 0 aliphatic carbocycles. The molecule has 25 heavy (non-hydrogen) atoms. The van der Waals surface area contributed by atoms with Gasteiger partial charge >= 0.3 is 4.87 Å². The van der Waals surface area contributed by atoms with Gasteiger partial charge in [-0.15, -0.1) is 17.7 Å². The molecule has 0 saturated heterocycles. The number of para-hydroxylation sites is 1. The number of nitrogens with zero attached hydrogens (tertiary/aromatic N) is 3. The lowest BCUT2D eigenvalue weighted by molar-refractivity contribution is 0.924. The third-order valence-corrected chi connectivity index (χ3v) is 5.27. The summed E-state index contributed by atoms with van der Waals surface area (Å²) in [6.07, 6.45) is 3.61. The average Bonchev–Trinajstić information content (AvgIpc) is 3.21. The number of rotatable bonds is 3. The molecule has 0 radical (unpaired) electrons. The predicted molar refractivity (Wildman–Crippen MR) is 107 cm³/mol. The van der Waals surface area contributed by atoms with Crippen LogP contribution >= 0.6 is 24.0 Å². The maximum Gasteiger partial charge on any atom is 0.313 e. The molecular weight excluding hydrogens is 350 g/mol. The van der Waals surface area contributed by atoms with E-state index in [1.54, 1.807) is 10.8 Å². The van der Waals surface area contributed by atoms with Gasteiger partial charge in [0.25, 0.3) is 0 Å². The standard InChI is InChI=1S/C19H13N3OS2/c23-19-22(15-9-5-2-6-10-15)18(24)16(25-19)11-14-12-20-21-17(14)13-7-3-1-4-8-13/h1-12,24H/b14-11+. The molecule has 4 rings (SSSR count). The fourth-order valence-corrected chi connectivity index (χ4v) is 3.94. The van der Waals surface area contributed by atoms with Gasteiger partial charge in [0.05, 0.1) is 21.8 Å². The molecule has 122 valence electrons. The highest BCUT2D eigenvalue weighted by Crippen LogP contribution is 2.25. The van der Waals surface area contributed by atoms with Crippen LogP contribution < -0.4 is 4.87 Å². The topological polar surface area (TPSA) is 46.7 Å². The van der Waals surface area contributed by atoms with Crippen LogP contribution in [0.2, 0.25) is 0 Å². The van der Waals surface area contributed by atoms with Crippen LogP contribution in [0.5, 0.6) is 0 Å². The molecular formula is C19H13N3OS2. The van der Waals surface area contributed by atoms with Crippen LogP contribution in [0.3, 0.4) is 0 Å². The maximum absolute atomic E-state index is 12.4. The van der Waals surface area contributed by atoms with Crippen molar-refractivity contribution in [1.29, 1.82) is 0 Å². The van der Waals surface area contributed by atoms with Crippen LogP contribution in [0.25, 0.3) is 11.8 Å². The second-order valence-electron chi connectivity index (χ2n) is 5.39. The molecule has 0 spiro atoms. The minimum atomic E-state index is -0.0730. The molecule has 0 N–H and O–H groups in total. The zero-order chi connectivity index (χ0) is 17.2. The quantitative estimate of drug-likeness (QED) is 0.701. The number of thiazole rings is 1. The van der Waals surface area contributed by atoms with Gasteiger partial charge in [0, 0.05) is 11.1 Å². The van der Waals surface area contributed by atoms with Crippen molar-refractivity contribution in [3.8, 4) is 5.69 Å². The van der Waals surface area contributed by atoms with E-state index in [2.05, 4.69) is 22.8 Å². The van der Waals surface area contributed by atoms with Crippen LogP contribution in [0.4, 0.5) is 0 Å². The van der Waals surface area contributed by atoms with Crippen molar-refractivity contribution in [2.75, 3.05) is 0 Å². The van der Waals surface area contributed by atoms with E-state index in [1.165, 1.54) is 0 Å². The Labute approximate surface area is 153 Å². The Morgan fingerprint density at radius 2 is 1.68 bits per heavy atom. The molecule has 4 nitrogen and oxygen atoms in total. The van der Waals surface area contributed by atoms with E-state index in [-0.39, 0.29) is 4.87 Å². The number of benzene rings is 2. The summed E-state index contributed by atoms with van der Waals surface area (Å²) in [5.41, 5.74) is 3.45. The number of hydrogen-bond acceptors (Lipinski definition) is 5. The third kappa shape index (κ3) is 3.01. The molecule has 0 atom stereocenters.